The van der Waals surface area contributed by atoms with Crippen LogP contribution in [0.15, 0.2) is 16.6 Å². The van der Waals surface area contributed by atoms with Crippen LogP contribution in [0.25, 0.3) is 0 Å². The third kappa shape index (κ3) is 10.7. The maximum absolute atomic E-state index is 5.80. The van der Waals surface area contributed by atoms with Crippen LogP contribution in [0.4, 0.5) is 0 Å². The molecule has 0 amide bonds. The molecule has 0 radical (unpaired) electrons. The minimum absolute atomic E-state index is 0. The highest BCUT2D eigenvalue weighted by atomic mass is 127. The third-order valence-corrected chi connectivity index (χ3v) is 4.88. The normalized spacial score (nSPS) is 18.8. The summed E-state index contributed by atoms with van der Waals surface area (Å²) in [6.45, 7) is 8.25. The van der Waals surface area contributed by atoms with Gasteiger partial charge in [-0.3, -0.25) is 4.99 Å². The fourth-order valence-corrected chi connectivity index (χ4v) is 3.34. The highest BCUT2D eigenvalue weighted by molar-refractivity contribution is 14.0. The third-order valence-electron chi connectivity index (χ3n) is 4.88. The number of ether oxygens (including phenoxy) is 2. The van der Waals surface area contributed by atoms with Crippen molar-refractivity contribution in [1.29, 1.82) is 0 Å². The molecule has 0 unspecified atom stereocenters. The molecule has 0 bridgehead atoms. The second-order valence-corrected chi connectivity index (χ2v) is 7.03. The number of halogens is 1. The van der Waals surface area contributed by atoms with Crippen LogP contribution < -0.4 is 10.6 Å². The van der Waals surface area contributed by atoms with Crippen LogP contribution in [0, 0.1) is 5.92 Å². The summed E-state index contributed by atoms with van der Waals surface area (Å²) in [6.07, 6.45) is 12.1. The van der Waals surface area contributed by atoms with Gasteiger partial charge in [-0.15, -0.1) is 24.0 Å². The number of hydrogen-bond donors (Lipinski definition) is 2. The van der Waals surface area contributed by atoms with Crippen LogP contribution in [0.2, 0.25) is 0 Å². The van der Waals surface area contributed by atoms with Crippen LogP contribution in [0.3, 0.4) is 0 Å². The topological polar surface area (TPSA) is 54.9 Å². The molecule has 0 aromatic carbocycles. The zero-order valence-electron chi connectivity index (χ0n) is 16.4. The molecule has 0 atom stereocenters. The van der Waals surface area contributed by atoms with Gasteiger partial charge in [-0.25, -0.2) is 0 Å². The first-order valence-electron chi connectivity index (χ1n) is 10.2. The van der Waals surface area contributed by atoms with Crippen molar-refractivity contribution in [3.63, 3.8) is 0 Å². The van der Waals surface area contributed by atoms with E-state index in [1.165, 1.54) is 25.7 Å². The Morgan fingerprint density at radius 2 is 2.12 bits per heavy atom. The molecule has 0 aromatic heterocycles. The van der Waals surface area contributed by atoms with Gasteiger partial charge in [-0.1, -0.05) is 11.6 Å². The molecule has 6 heteroatoms. The van der Waals surface area contributed by atoms with Crippen LogP contribution >= 0.6 is 24.0 Å². The smallest absolute Gasteiger partial charge is 0.191 e. The summed E-state index contributed by atoms with van der Waals surface area (Å²) in [6, 6.07) is 0. The Bertz CT molecular complexity index is 410. The van der Waals surface area contributed by atoms with Crippen molar-refractivity contribution in [3.8, 4) is 0 Å². The number of guanidine groups is 1. The van der Waals surface area contributed by atoms with Crippen molar-refractivity contribution in [1.82, 2.24) is 10.6 Å². The van der Waals surface area contributed by atoms with Crippen molar-refractivity contribution in [2.45, 2.75) is 58.3 Å². The van der Waals surface area contributed by atoms with Crippen LogP contribution in [-0.4, -0.2) is 52.0 Å². The number of allylic oxidation sites excluding steroid dienone is 1. The summed E-state index contributed by atoms with van der Waals surface area (Å²) in [5, 5.41) is 6.78. The van der Waals surface area contributed by atoms with Crippen molar-refractivity contribution < 1.29 is 9.47 Å². The SMILES string of the molecule is CCNC(=NCCCOCC1CCOCC1)NCCC1=CCCCC1.I. The maximum atomic E-state index is 5.80. The molecule has 0 spiro atoms. The van der Waals surface area contributed by atoms with Crippen LogP contribution in [0.1, 0.15) is 58.3 Å². The van der Waals surface area contributed by atoms with Gasteiger partial charge in [0.2, 0.25) is 0 Å². The molecule has 1 heterocycles. The predicted molar refractivity (Wildman–Crippen MR) is 120 cm³/mol. The maximum Gasteiger partial charge on any atom is 0.191 e. The summed E-state index contributed by atoms with van der Waals surface area (Å²) in [4.78, 5) is 4.66. The summed E-state index contributed by atoms with van der Waals surface area (Å²) in [5.41, 5.74) is 1.61. The first-order chi connectivity index (χ1) is 12.4. The molecular formula is C20H38IN3O2. The number of hydrogen-bond acceptors (Lipinski definition) is 3. The van der Waals surface area contributed by atoms with Gasteiger partial charge in [0, 0.05) is 46.1 Å². The van der Waals surface area contributed by atoms with Gasteiger partial charge in [0.05, 0.1) is 0 Å². The summed E-state index contributed by atoms with van der Waals surface area (Å²) < 4.78 is 11.2. The lowest BCUT2D eigenvalue weighted by atomic mass is 9.97. The van der Waals surface area contributed by atoms with Crippen molar-refractivity contribution in [2.24, 2.45) is 10.9 Å². The monoisotopic (exact) mass is 479 g/mol. The minimum atomic E-state index is 0. The quantitative estimate of drug-likeness (QED) is 0.164. The Labute approximate surface area is 176 Å². The lowest BCUT2D eigenvalue weighted by Crippen LogP contribution is -2.38. The lowest BCUT2D eigenvalue weighted by molar-refractivity contribution is 0.0205. The van der Waals surface area contributed by atoms with E-state index in [0.717, 1.165) is 77.7 Å². The highest BCUT2D eigenvalue weighted by Gasteiger charge is 2.13. The fraction of sp³-hybridized carbons (Fsp3) is 0.850. The minimum Gasteiger partial charge on any atom is -0.381 e. The van der Waals surface area contributed by atoms with Gasteiger partial charge >= 0.3 is 0 Å². The molecular weight excluding hydrogens is 441 g/mol. The first kappa shape index (κ1) is 23.7. The molecule has 2 aliphatic rings. The van der Waals surface area contributed by atoms with Gasteiger partial charge in [0.1, 0.15) is 0 Å². The van der Waals surface area contributed by atoms with Crippen LogP contribution in [0.5, 0.6) is 0 Å². The van der Waals surface area contributed by atoms with E-state index in [4.69, 9.17) is 9.47 Å². The zero-order valence-corrected chi connectivity index (χ0v) is 18.8. The molecule has 0 aromatic rings. The Morgan fingerprint density at radius 3 is 2.85 bits per heavy atom. The van der Waals surface area contributed by atoms with Crippen molar-refractivity contribution >= 4 is 29.9 Å². The fourth-order valence-electron chi connectivity index (χ4n) is 3.34. The molecule has 5 nitrogen and oxygen atoms in total. The Morgan fingerprint density at radius 1 is 1.27 bits per heavy atom. The Hall–Kier alpha value is -0.340. The average Bonchev–Trinajstić information content (AvgIpc) is 2.66. The van der Waals surface area contributed by atoms with E-state index in [1.54, 1.807) is 5.57 Å². The molecule has 26 heavy (non-hydrogen) atoms. The van der Waals surface area contributed by atoms with Gasteiger partial charge in [-0.05, 0) is 64.2 Å². The summed E-state index contributed by atoms with van der Waals surface area (Å²) >= 11 is 0. The van der Waals surface area contributed by atoms with E-state index in [1.807, 2.05) is 0 Å². The summed E-state index contributed by atoms with van der Waals surface area (Å²) in [7, 11) is 0. The highest BCUT2D eigenvalue weighted by Crippen LogP contribution is 2.19. The van der Waals surface area contributed by atoms with E-state index < -0.39 is 0 Å². The Kier molecular flexibility index (Phi) is 14.3. The van der Waals surface area contributed by atoms with Gasteiger partial charge in [-0.2, -0.15) is 0 Å². The number of nitrogens with zero attached hydrogens (tertiary/aromatic N) is 1. The molecule has 2 N–H and O–H groups in total. The second-order valence-electron chi connectivity index (χ2n) is 7.03. The molecule has 1 aliphatic carbocycles. The number of aliphatic imine (C=N–C) groups is 1. The Balaban J connectivity index is 0.00000338. The van der Waals surface area contributed by atoms with E-state index in [-0.39, 0.29) is 24.0 Å². The zero-order chi connectivity index (χ0) is 17.6. The second kappa shape index (κ2) is 15.7. The average molecular weight is 479 g/mol. The molecule has 1 aliphatic heterocycles. The van der Waals surface area contributed by atoms with Crippen molar-refractivity contribution in [3.05, 3.63) is 11.6 Å². The standard InChI is InChI=1S/C20H37N3O2.HI/c1-2-21-20(23-13-9-18-7-4-3-5-8-18)22-12-6-14-25-17-19-10-15-24-16-11-19;/h7,19H,2-6,8-17H2,1H3,(H2,21,22,23);1H. The number of rotatable bonds is 10. The first-order valence-corrected chi connectivity index (χ1v) is 10.2. The lowest BCUT2D eigenvalue weighted by Gasteiger charge is -2.21. The largest absolute Gasteiger partial charge is 0.381 e. The van der Waals surface area contributed by atoms with E-state index in [9.17, 15) is 0 Å². The molecule has 1 saturated heterocycles. The summed E-state index contributed by atoms with van der Waals surface area (Å²) in [5.74, 6) is 1.62. The van der Waals surface area contributed by atoms with Crippen molar-refractivity contribution in [2.75, 3.05) is 46.1 Å². The van der Waals surface area contributed by atoms with Gasteiger partial charge < -0.3 is 20.1 Å². The molecule has 152 valence electrons. The molecule has 0 saturated carbocycles. The van der Waals surface area contributed by atoms with Gasteiger partial charge in [0.15, 0.2) is 5.96 Å². The van der Waals surface area contributed by atoms with E-state index >= 15 is 0 Å². The number of nitrogens with one attached hydrogen (secondary N) is 2. The van der Waals surface area contributed by atoms with Gasteiger partial charge in [0.25, 0.3) is 0 Å². The molecule has 2 rings (SSSR count). The molecule has 1 fully saturated rings. The van der Waals surface area contributed by atoms with E-state index in [2.05, 4.69) is 28.6 Å². The van der Waals surface area contributed by atoms with E-state index in [0.29, 0.717) is 5.92 Å². The predicted octanol–water partition coefficient (Wildman–Crippen LogP) is 3.88. The van der Waals surface area contributed by atoms with Crippen LogP contribution in [-0.2, 0) is 9.47 Å².